The number of aromatic hydroxyl groups is 2. The largest absolute Gasteiger partial charge is 0.507 e. The second kappa shape index (κ2) is 33.1. The lowest BCUT2D eigenvalue weighted by atomic mass is 9.72. The zero-order valence-electron chi connectivity index (χ0n) is 54.7. The molecule has 8 N–H and O–H groups in total. The van der Waals surface area contributed by atoms with Gasteiger partial charge in [0.05, 0.1) is 25.4 Å². The van der Waals surface area contributed by atoms with E-state index in [0.717, 1.165) is 38.2 Å². The van der Waals surface area contributed by atoms with Crippen LogP contribution in [0.5, 0.6) is 23.0 Å². The first-order valence-corrected chi connectivity index (χ1v) is 32.3. The molecule has 0 unspecified atom stereocenters. The van der Waals surface area contributed by atoms with E-state index in [1.807, 2.05) is 282 Å². The molecule has 0 radical (unpaired) electrons. The van der Waals surface area contributed by atoms with Crippen molar-refractivity contribution in [2.75, 3.05) is 13.2 Å². The van der Waals surface area contributed by atoms with Crippen molar-refractivity contribution in [3.05, 3.63) is 312 Å². The van der Waals surface area contributed by atoms with Gasteiger partial charge in [-0.3, -0.25) is 0 Å². The molecular weight excluding hydrogens is 1220 g/mol. The molecule has 500 valence electrons. The fourth-order valence-electron chi connectivity index (χ4n) is 11.9. The Bertz CT molecular complexity index is 3970. The van der Waals surface area contributed by atoms with Gasteiger partial charge in [0.2, 0.25) is 0 Å². The lowest BCUT2D eigenvalue weighted by Gasteiger charge is -2.42. The first-order chi connectivity index (χ1) is 46.9. The van der Waals surface area contributed by atoms with E-state index in [1.165, 1.54) is 0 Å². The van der Waals surface area contributed by atoms with Gasteiger partial charge in [-0.1, -0.05) is 263 Å². The third kappa shape index (κ3) is 16.1. The van der Waals surface area contributed by atoms with Crippen molar-refractivity contribution >= 4 is 33.5 Å². The first-order valence-electron chi connectivity index (χ1n) is 32.3. The van der Waals surface area contributed by atoms with Crippen molar-refractivity contribution in [2.45, 2.75) is 101 Å². The molecule has 1 fully saturated rings. The molecule has 12 rings (SSSR count). The lowest BCUT2D eigenvalue weighted by Crippen LogP contribution is -2.54. The smallest absolute Gasteiger partial charge is 0.338 e. The van der Waals surface area contributed by atoms with Crippen molar-refractivity contribution in [2.24, 2.45) is 0 Å². The predicted octanol–water partition coefficient (Wildman–Crippen LogP) is 14.8. The van der Waals surface area contributed by atoms with Crippen LogP contribution >= 0.6 is 0 Å². The van der Waals surface area contributed by atoms with E-state index >= 15 is 0 Å². The summed E-state index contributed by atoms with van der Waals surface area (Å²) in [7, 11) is 0. The maximum absolute atomic E-state index is 12.9. The Kier molecular flexibility index (Phi) is 24.3. The van der Waals surface area contributed by atoms with Crippen molar-refractivity contribution in [1.29, 1.82) is 0 Å². The number of ether oxygens (including phenoxy) is 5. The number of benzene rings is 11. The fraction of sp³-hybridized carbons (Fsp3) is 0.220. The van der Waals surface area contributed by atoms with Crippen LogP contribution in [-0.4, -0.2) is 90.4 Å². The fourth-order valence-corrected chi connectivity index (χ4v) is 11.9. The molecule has 1 aliphatic heterocycles. The molecule has 15 heteroatoms. The topological polar surface area (TPSA) is 242 Å². The van der Waals surface area contributed by atoms with Crippen LogP contribution in [-0.2, 0) is 45.5 Å². The van der Waals surface area contributed by atoms with Gasteiger partial charge in [-0.15, -0.1) is 0 Å². The molecule has 11 aromatic carbocycles. The average Bonchev–Trinajstić information content (AvgIpc) is 1.61. The van der Waals surface area contributed by atoms with Crippen LogP contribution in [0.2, 0.25) is 0 Å². The summed E-state index contributed by atoms with van der Waals surface area (Å²) in [4.78, 5) is 21.7. The second-order valence-corrected chi connectivity index (χ2v) is 23.2. The number of aliphatic hydroxyl groups is 6. The standard InChI is InChI=1S/C36H32O4.C20H14O2.C18H22O3.C8H14O6/c1-34(27-17-7-2-8-18-27)39-32(35(37,28-19-9-3-10-20-28)29-21-11-4-12-22-29)33(40-34)36(38,30-23-13-5-14-24-30)31-25-15-6-16-26-31;21-17-11-9-13-5-1-3-7-15(13)19(17)20-16-8-4-2-6-14(16)10-12-18(20)22;1-3-15(19)13-9-5-7-11-17(13)21-18-12-8-6-10-14(18)16(20)4-2;1-3-13-7(11)5(9)6(10)8(12)14-4-2/h2-26,32-33,37-38H,1H3;1-12,21-22H;5-12,15-16,19-20H,3-4H2,1-2H3;5-6,9-10H,3-4H2,1-2H3/t32-,33-;;15-,16-;5-,6-/m1.01/s1. The molecule has 0 aliphatic carbocycles. The Morgan fingerprint density at radius 3 is 1.04 bits per heavy atom. The molecule has 11 aromatic rings. The van der Waals surface area contributed by atoms with Crippen molar-refractivity contribution in [1.82, 2.24) is 0 Å². The lowest BCUT2D eigenvalue weighted by molar-refractivity contribution is -0.193. The molecule has 1 heterocycles. The first kappa shape index (κ1) is 71.3. The summed E-state index contributed by atoms with van der Waals surface area (Å²) in [6.45, 7) is 8.91. The number of hydrogen-bond donors (Lipinski definition) is 8. The summed E-state index contributed by atoms with van der Waals surface area (Å²) in [6, 6.07) is 85.3. The summed E-state index contributed by atoms with van der Waals surface area (Å²) in [6.07, 6.45) is -5.68. The van der Waals surface area contributed by atoms with Gasteiger partial charge in [0, 0.05) is 27.8 Å². The van der Waals surface area contributed by atoms with Crippen LogP contribution in [0, 0.1) is 0 Å². The zero-order chi connectivity index (χ0) is 69.1. The number of rotatable bonds is 19. The van der Waals surface area contributed by atoms with Gasteiger partial charge < -0.3 is 64.5 Å². The molecule has 1 aliphatic rings. The van der Waals surface area contributed by atoms with Crippen LogP contribution in [0.1, 0.15) is 98.6 Å². The highest BCUT2D eigenvalue weighted by Crippen LogP contribution is 2.53. The number of aliphatic hydroxyl groups excluding tert-OH is 4. The molecule has 15 nitrogen and oxygen atoms in total. The Balaban J connectivity index is 0.000000165. The average molecular weight is 1310 g/mol. The van der Waals surface area contributed by atoms with Crippen LogP contribution < -0.4 is 4.74 Å². The van der Waals surface area contributed by atoms with Gasteiger partial charge in [0.15, 0.2) is 18.0 Å². The minimum Gasteiger partial charge on any atom is -0.507 e. The molecule has 0 aromatic heterocycles. The quantitative estimate of drug-likeness (QED) is 0.0351. The maximum atomic E-state index is 12.9. The second-order valence-electron chi connectivity index (χ2n) is 23.2. The third-order valence-electron chi connectivity index (χ3n) is 16.9. The maximum Gasteiger partial charge on any atom is 0.338 e. The number of carbonyl (C=O) groups is 2. The van der Waals surface area contributed by atoms with Gasteiger partial charge in [-0.2, -0.15) is 0 Å². The highest BCUT2D eigenvalue weighted by molar-refractivity contribution is 6.09. The van der Waals surface area contributed by atoms with Crippen molar-refractivity contribution < 1.29 is 74.1 Å². The van der Waals surface area contributed by atoms with Crippen molar-refractivity contribution in [3.63, 3.8) is 0 Å². The van der Waals surface area contributed by atoms with E-state index in [9.17, 15) is 40.2 Å². The Morgan fingerprint density at radius 1 is 0.412 bits per heavy atom. The Morgan fingerprint density at radius 2 is 0.711 bits per heavy atom. The highest BCUT2D eigenvalue weighted by atomic mass is 16.8. The predicted molar refractivity (Wildman–Crippen MR) is 374 cm³/mol. The van der Waals surface area contributed by atoms with E-state index in [2.05, 4.69) is 9.47 Å². The van der Waals surface area contributed by atoms with Crippen molar-refractivity contribution in [3.8, 4) is 34.1 Å². The molecule has 0 bridgehead atoms. The normalized spacial score (nSPS) is 15.3. The van der Waals surface area contributed by atoms with E-state index < -0.39 is 65.6 Å². The number of esters is 2. The molecule has 0 spiro atoms. The van der Waals surface area contributed by atoms with Gasteiger partial charge in [0.1, 0.15) is 46.4 Å². The van der Waals surface area contributed by atoms with Gasteiger partial charge >= 0.3 is 11.9 Å². The highest BCUT2D eigenvalue weighted by Gasteiger charge is 2.62. The number of carbonyl (C=O) groups excluding carboxylic acids is 2. The number of hydrogen-bond acceptors (Lipinski definition) is 15. The summed E-state index contributed by atoms with van der Waals surface area (Å²) in [5, 5.41) is 89.0. The molecular formula is C82H82O15. The number of phenols is 2. The van der Waals surface area contributed by atoms with Crippen LogP contribution in [0.4, 0.5) is 0 Å². The number of phenolic OH excluding ortho intramolecular Hbond substituents is 2. The minimum absolute atomic E-state index is 0.0610. The van der Waals surface area contributed by atoms with E-state index in [-0.39, 0.29) is 24.7 Å². The van der Waals surface area contributed by atoms with Crippen LogP contribution in [0.25, 0.3) is 32.7 Å². The summed E-state index contributed by atoms with van der Waals surface area (Å²) in [5.74, 6) is -1.76. The molecule has 1 saturated heterocycles. The van der Waals surface area contributed by atoms with Gasteiger partial charge in [0.25, 0.3) is 0 Å². The van der Waals surface area contributed by atoms with E-state index in [4.69, 9.17) is 24.4 Å². The van der Waals surface area contributed by atoms with Gasteiger partial charge in [-0.25, -0.2) is 9.59 Å². The van der Waals surface area contributed by atoms with E-state index in [0.29, 0.717) is 57.7 Å². The third-order valence-corrected chi connectivity index (χ3v) is 16.9. The zero-order valence-corrected chi connectivity index (χ0v) is 54.7. The Hall–Kier alpha value is -10.0. The van der Waals surface area contributed by atoms with Crippen LogP contribution in [0.3, 0.4) is 0 Å². The summed E-state index contributed by atoms with van der Waals surface area (Å²) < 4.78 is 28.5. The number of para-hydroxylation sites is 2. The SMILES string of the molecule is CC1(c2ccccc2)O[C@@H](C(O)(c2ccccc2)c2ccccc2)[C@H](C(O)(c2ccccc2)c2ccccc2)O1.CCOC(=O)[C@H](O)[C@@H](O)C(=O)OCC.CC[C@H](O)c1ccccc1Oc1ccccc1[C@@H](O)CC.Oc1ccc2ccccc2c1-c1c(O)ccc2ccccc12. The number of fused-ring (bicyclic) bond motifs is 2. The molecule has 6 atom stereocenters. The molecule has 0 saturated carbocycles. The molecule has 97 heavy (non-hydrogen) atoms. The van der Waals surface area contributed by atoms with E-state index in [1.54, 1.807) is 26.0 Å². The summed E-state index contributed by atoms with van der Waals surface area (Å²) in [5.41, 5.74) is 2.88. The molecule has 0 amide bonds. The van der Waals surface area contributed by atoms with Crippen LogP contribution in [0.15, 0.2) is 273 Å². The minimum atomic E-state index is -1.89. The summed E-state index contributed by atoms with van der Waals surface area (Å²) >= 11 is 0. The van der Waals surface area contributed by atoms with Gasteiger partial charge in [-0.05, 0) is 102 Å². The Labute approximate surface area is 565 Å². The monoisotopic (exact) mass is 1310 g/mol.